The molecule has 1 rings (SSSR count). The van der Waals surface area contributed by atoms with Crippen LogP contribution in [0.15, 0.2) is 24.4 Å². The highest BCUT2D eigenvalue weighted by Gasteiger charge is 2.08. The number of hydrogen-bond donors (Lipinski definition) is 0. The smallest absolute Gasteiger partial charge is 0.113 e. The highest BCUT2D eigenvalue weighted by molar-refractivity contribution is 8.00. The molecule has 1 heterocycles. The molecular formula is C13H17NS. The van der Waals surface area contributed by atoms with Crippen molar-refractivity contribution >= 4 is 11.8 Å². The molecule has 0 radical (unpaired) electrons. The normalized spacial score (nSPS) is 10.6. The van der Waals surface area contributed by atoms with Crippen molar-refractivity contribution in [2.45, 2.75) is 31.9 Å². The summed E-state index contributed by atoms with van der Waals surface area (Å²) in [5.41, 5.74) is 0.859. The standard InChI is InChI=1S/C13H17NS/c1-13(2,3)15-11-7-5-9-12-8-4-6-10-14-12/h4,6,8,10H,7,11H2,1-3H3. The van der Waals surface area contributed by atoms with E-state index in [-0.39, 0.29) is 0 Å². The third kappa shape index (κ3) is 6.19. The van der Waals surface area contributed by atoms with Crippen LogP contribution >= 0.6 is 11.8 Å². The Kier molecular flexibility index (Phi) is 4.71. The van der Waals surface area contributed by atoms with Crippen LogP contribution in [-0.4, -0.2) is 15.5 Å². The van der Waals surface area contributed by atoms with Crippen LogP contribution in [0.4, 0.5) is 0 Å². The largest absolute Gasteiger partial charge is 0.248 e. The third-order valence-electron chi connectivity index (χ3n) is 1.64. The van der Waals surface area contributed by atoms with Gasteiger partial charge in [0.05, 0.1) is 0 Å². The lowest BCUT2D eigenvalue weighted by atomic mass is 10.3. The second-order valence-electron chi connectivity index (χ2n) is 4.23. The molecule has 0 saturated heterocycles. The molecule has 0 spiro atoms. The molecule has 0 unspecified atom stereocenters. The predicted octanol–water partition coefficient (Wildman–Crippen LogP) is 3.35. The first-order valence-corrected chi connectivity index (χ1v) is 6.10. The number of pyridine rings is 1. The summed E-state index contributed by atoms with van der Waals surface area (Å²) < 4.78 is 0.340. The van der Waals surface area contributed by atoms with Crippen LogP contribution in [0.3, 0.4) is 0 Å². The molecule has 15 heavy (non-hydrogen) atoms. The Morgan fingerprint density at radius 2 is 2.13 bits per heavy atom. The molecule has 1 aromatic heterocycles. The van der Waals surface area contributed by atoms with E-state index in [2.05, 4.69) is 37.6 Å². The van der Waals surface area contributed by atoms with Crippen LogP contribution in [0, 0.1) is 11.8 Å². The zero-order valence-electron chi connectivity index (χ0n) is 9.58. The topological polar surface area (TPSA) is 12.9 Å². The maximum atomic E-state index is 4.14. The fraction of sp³-hybridized carbons (Fsp3) is 0.462. The number of hydrogen-bond acceptors (Lipinski definition) is 2. The lowest BCUT2D eigenvalue weighted by molar-refractivity contribution is 0.802. The molecule has 0 aromatic carbocycles. The Balaban J connectivity index is 2.30. The molecule has 0 aliphatic heterocycles. The summed E-state index contributed by atoms with van der Waals surface area (Å²) in [7, 11) is 0. The van der Waals surface area contributed by atoms with Gasteiger partial charge in [0, 0.05) is 23.1 Å². The van der Waals surface area contributed by atoms with Crippen LogP contribution in [0.1, 0.15) is 32.9 Å². The van der Waals surface area contributed by atoms with E-state index in [4.69, 9.17) is 0 Å². The summed E-state index contributed by atoms with van der Waals surface area (Å²) in [6, 6.07) is 5.80. The Morgan fingerprint density at radius 3 is 2.73 bits per heavy atom. The summed E-state index contributed by atoms with van der Waals surface area (Å²) in [5.74, 6) is 7.28. The van der Waals surface area contributed by atoms with Crippen molar-refractivity contribution in [3.8, 4) is 11.8 Å². The average Bonchev–Trinajstić information content (AvgIpc) is 2.17. The van der Waals surface area contributed by atoms with Crippen molar-refractivity contribution in [2.24, 2.45) is 0 Å². The van der Waals surface area contributed by atoms with E-state index in [1.54, 1.807) is 6.20 Å². The second-order valence-corrected chi connectivity index (χ2v) is 6.15. The Labute approximate surface area is 96.7 Å². The maximum Gasteiger partial charge on any atom is 0.113 e. The van der Waals surface area contributed by atoms with Crippen LogP contribution in [0.5, 0.6) is 0 Å². The van der Waals surface area contributed by atoms with Gasteiger partial charge in [0.1, 0.15) is 5.69 Å². The van der Waals surface area contributed by atoms with E-state index in [1.165, 1.54) is 0 Å². The zero-order valence-corrected chi connectivity index (χ0v) is 10.4. The van der Waals surface area contributed by atoms with E-state index in [9.17, 15) is 0 Å². The summed E-state index contributed by atoms with van der Waals surface area (Å²) in [6.45, 7) is 6.68. The predicted molar refractivity (Wildman–Crippen MR) is 67.9 cm³/mol. The van der Waals surface area contributed by atoms with Gasteiger partial charge in [0.15, 0.2) is 0 Å². The first-order valence-electron chi connectivity index (χ1n) is 5.12. The van der Waals surface area contributed by atoms with Gasteiger partial charge < -0.3 is 0 Å². The number of aromatic nitrogens is 1. The molecule has 0 amide bonds. The van der Waals surface area contributed by atoms with E-state index in [1.807, 2.05) is 30.0 Å². The molecular weight excluding hydrogens is 202 g/mol. The molecule has 0 atom stereocenters. The summed E-state index contributed by atoms with van der Waals surface area (Å²) in [5, 5.41) is 0. The minimum atomic E-state index is 0.340. The van der Waals surface area contributed by atoms with E-state index in [0.29, 0.717) is 4.75 Å². The lowest BCUT2D eigenvalue weighted by Crippen LogP contribution is -2.07. The molecule has 1 aromatic rings. The van der Waals surface area contributed by atoms with E-state index >= 15 is 0 Å². The number of thioether (sulfide) groups is 1. The van der Waals surface area contributed by atoms with Gasteiger partial charge in [-0.2, -0.15) is 11.8 Å². The molecule has 0 aliphatic rings. The van der Waals surface area contributed by atoms with Crippen molar-refractivity contribution in [1.29, 1.82) is 0 Å². The molecule has 0 fully saturated rings. The summed E-state index contributed by atoms with van der Waals surface area (Å²) >= 11 is 1.95. The molecule has 0 saturated carbocycles. The fourth-order valence-electron chi connectivity index (χ4n) is 0.998. The van der Waals surface area contributed by atoms with Crippen molar-refractivity contribution in [3.05, 3.63) is 30.1 Å². The first-order chi connectivity index (χ1) is 7.08. The molecule has 80 valence electrons. The van der Waals surface area contributed by atoms with Gasteiger partial charge in [-0.05, 0) is 18.1 Å². The highest BCUT2D eigenvalue weighted by Crippen LogP contribution is 2.23. The molecule has 2 heteroatoms. The van der Waals surface area contributed by atoms with Crippen LogP contribution in [-0.2, 0) is 0 Å². The summed E-state index contributed by atoms with van der Waals surface area (Å²) in [6.07, 6.45) is 2.70. The minimum Gasteiger partial charge on any atom is -0.248 e. The molecule has 1 nitrogen and oxygen atoms in total. The third-order valence-corrected chi connectivity index (χ3v) is 2.92. The van der Waals surface area contributed by atoms with Gasteiger partial charge in [-0.3, -0.25) is 0 Å². The van der Waals surface area contributed by atoms with Crippen LogP contribution < -0.4 is 0 Å². The van der Waals surface area contributed by atoms with E-state index < -0.39 is 0 Å². The quantitative estimate of drug-likeness (QED) is 0.559. The number of rotatable bonds is 2. The van der Waals surface area contributed by atoms with Gasteiger partial charge in [-0.15, -0.1) is 0 Å². The Bertz CT molecular complexity index is 340. The van der Waals surface area contributed by atoms with Gasteiger partial charge in [-0.25, -0.2) is 4.98 Å². The van der Waals surface area contributed by atoms with Gasteiger partial charge in [0.2, 0.25) is 0 Å². The first kappa shape index (κ1) is 12.1. The van der Waals surface area contributed by atoms with Gasteiger partial charge in [-0.1, -0.05) is 32.8 Å². The highest BCUT2D eigenvalue weighted by atomic mass is 32.2. The SMILES string of the molecule is CC(C)(C)SCCC#Cc1ccccn1. The van der Waals surface area contributed by atoms with Crippen molar-refractivity contribution in [1.82, 2.24) is 4.98 Å². The average molecular weight is 219 g/mol. The Morgan fingerprint density at radius 1 is 1.33 bits per heavy atom. The summed E-state index contributed by atoms with van der Waals surface area (Å²) in [4.78, 5) is 4.14. The monoisotopic (exact) mass is 219 g/mol. The van der Waals surface area contributed by atoms with Gasteiger partial charge in [0.25, 0.3) is 0 Å². The number of nitrogens with zero attached hydrogens (tertiary/aromatic N) is 1. The second kappa shape index (κ2) is 5.82. The zero-order chi connectivity index (χ0) is 11.1. The van der Waals surface area contributed by atoms with Crippen molar-refractivity contribution in [2.75, 3.05) is 5.75 Å². The molecule has 0 N–H and O–H groups in total. The van der Waals surface area contributed by atoms with Crippen molar-refractivity contribution < 1.29 is 0 Å². The minimum absolute atomic E-state index is 0.340. The van der Waals surface area contributed by atoms with Gasteiger partial charge >= 0.3 is 0 Å². The van der Waals surface area contributed by atoms with Crippen molar-refractivity contribution in [3.63, 3.8) is 0 Å². The maximum absolute atomic E-state index is 4.14. The van der Waals surface area contributed by atoms with E-state index in [0.717, 1.165) is 17.9 Å². The molecule has 0 aliphatic carbocycles. The van der Waals surface area contributed by atoms with Crippen LogP contribution in [0.25, 0.3) is 0 Å². The van der Waals surface area contributed by atoms with Crippen LogP contribution in [0.2, 0.25) is 0 Å². The fourth-order valence-corrected chi connectivity index (χ4v) is 1.81. The lowest BCUT2D eigenvalue weighted by Gasteiger charge is -2.15. The molecule has 0 bridgehead atoms. The Hall–Kier alpha value is -0.940.